The van der Waals surface area contributed by atoms with Crippen LogP contribution in [0.15, 0.2) is 10.9 Å². The number of hydrogen-bond acceptors (Lipinski definition) is 3. The van der Waals surface area contributed by atoms with Crippen LogP contribution in [0.2, 0.25) is 5.15 Å². The molecule has 0 atom stereocenters. The minimum Gasteiger partial charge on any atom is -0.329 e. The third-order valence-electron chi connectivity index (χ3n) is 1.83. The number of pyridine rings is 1. The summed E-state index contributed by atoms with van der Waals surface area (Å²) in [6, 6.07) is 1.30. The van der Waals surface area contributed by atoms with E-state index in [-0.39, 0.29) is 10.6 Å². The summed E-state index contributed by atoms with van der Waals surface area (Å²) in [6.45, 7) is 1.72. The molecule has 0 radical (unpaired) electrons. The SMILES string of the molecule is Cc1nn(N)c2[nH]c(Cl)cc(=O)c12. The van der Waals surface area contributed by atoms with Crippen LogP contribution in [0.3, 0.4) is 0 Å². The number of H-pyrrole nitrogens is 1. The molecule has 3 N–H and O–H groups in total. The summed E-state index contributed by atoms with van der Waals surface area (Å²) in [6.07, 6.45) is 0. The second kappa shape index (κ2) is 2.50. The monoisotopic (exact) mass is 198 g/mol. The summed E-state index contributed by atoms with van der Waals surface area (Å²) >= 11 is 5.65. The molecule has 0 aliphatic rings. The number of rotatable bonds is 0. The summed E-state index contributed by atoms with van der Waals surface area (Å²) in [4.78, 5) is 15.3. The number of aromatic nitrogens is 3. The Balaban J connectivity index is 3.06. The van der Waals surface area contributed by atoms with Crippen LogP contribution in [0, 0.1) is 6.92 Å². The number of aromatic amines is 1. The average molecular weight is 199 g/mol. The topological polar surface area (TPSA) is 76.7 Å². The van der Waals surface area contributed by atoms with E-state index in [1.54, 1.807) is 6.92 Å². The molecular weight excluding hydrogens is 192 g/mol. The van der Waals surface area contributed by atoms with Crippen molar-refractivity contribution in [1.82, 2.24) is 14.9 Å². The first-order chi connectivity index (χ1) is 6.09. The van der Waals surface area contributed by atoms with E-state index < -0.39 is 0 Å². The van der Waals surface area contributed by atoms with Crippen molar-refractivity contribution in [3.05, 3.63) is 27.1 Å². The van der Waals surface area contributed by atoms with E-state index in [0.717, 1.165) is 4.79 Å². The molecule has 2 rings (SSSR count). The van der Waals surface area contributed by atoms with Crippen molar-refractivity contribution in [3.63, 3.8) is 0 Å². The normalized spacial score (nSPS) is 10.9. The molecule has 0 saturated carbocycles. The smallest absolute Gasteiger partial charge is 0.194 e. The van der Waals surface area contributed by atoms with E-state index in [2.05, 4.69) is 10.1 Å². The van der Waals surface area contributed by atoms with Crippen LogP contribution in [-0.2, 0) is 0 Å². The van der Waals surface area contributed by atoms with Gasteiger partial charge in [-0.1, -0.05) is 11.6 Å². The van der Waals surface area contributed by atoms with Crippen molar-refractivity contribution in [2.45, 2.75) is 6.92 Å². The predicted octanol–water partition coefficient (Wildman–Crippen LogP) is 0.400. The lowest BCUT2D eigenvalue weighted by Crippen LogP contribution is -2.11. The number of fused-ring (bicyclic) bond motifs is 1. The molecule has 0 saturated heterocycles. The Bertz CT molecular complexity index is 527. The van der Waals surface area contributed by atoms with Gasteiger partial charge in [0.05, 0.1) is 11.1 Å². The predicted molar refractivity (Wildman–Crippen MR) is 50.3 cm³/mol. The Kier molecular flexibility index (Phi) is 1.56. The maximum Gasteiger partial charge on any atom is 0.194 e. The Labute approximate surface area is 78.1 Å². The number of aryl methyl sites for hydroxylation is 1. The second-order valence-electron chi connectivity index (χ2n) is 2.74. The highest BCUT2D eigenvalue weighted by atomic mass is 35.5. The molecule has 2 aromatic rings. The zero-order valence-electron chi connectivity index (χ0n) is 6.84. The van der Waals surface area contributed by atoms with Crippen molar-refractivity contribution in [2.75, 3.05) is 5.84 Å². The molecule has 2 aromatic heterocycles. The van der Waals surface area contributed by atoms with Gasteiger partial charge in [0.2, 0.25) is 0 Å². The Hall–Kier alpha value is -1.49. The Morgan fingerprint density at radius 2 is 2.38 bits per heavy atom. The number of nitrogens with zero attached hydrogens (tertiary/aromatic N) is 2. The van der Waals surface area contributed by atoms with Gasteiger partial charge in [0, 0.05) is 6.07 Å². The lowest BCUT2D eigenvalue weighted by molar-refractivity contribution is 0.834. The van der Waals surface area contributed by atoms with Gasteiger partial charge < -0.3 is 10.8 Å². The average Bonchev–Trinajstić information content (AvgIpc) is 2.27. The zero-order chi connectivity index (χ0) is 9.59. The maximum atomic E-state index is 11.4. The quantitative estimate of drug-likeness (QED) is 0.475. The molecular formula is C7H7ClN4O. The lowest BCUT2D eigenvalue weighted by Gasteiger charge is -1.94. The summed E-state index contributed by atoms with van der Waals surface area (Å²) in [5, 5.41) is 4.63. The van der Waals surface area contributed by atoms with Gasteiger partial charge in [0.15, 0.2) is 11.1 Å². The number of nitrogens with two attached hydrogens (primary N) is 1. The van der Waals surface area contributed by atoms with E-state index in [1.165, 1.54) is 6.07 Å². The van der Waals surface area contributed by atoms with Gasteiger partial charge in [-0.05, 0) is 6.92 Å². The van der Waals surface area contributed by atoms with E-state index in [4.69, 9.17) is 17.4 Å². The third kappa shape index (κ3) is 1.08. The van der Waals surface area contributed by atoms with Crippen LogP contribution in [0.25, 0.3) is 11.0 Å². The van der Waals surface area contributed by atoms with Crippen LogP contribution in [0.4, 0.5) is 0 Å². The molecule has 0 aliphatic carbocycles. The fraction of sp³-hybridized carbons (Fsp3) is 0.143. The van der Waals surface area contributed by atoms with Gasteiger partial charge in [-0.2, -0.15) is 9.89 Å². The highest BCUT2D eigenvalue weighted by Gasteiger charge is 2.09. The fourth-order valence-electron chi connectivity index (χ4n) is 1.30. The summed E-state index contributed by atoms with van der Waals surface area (Å²) < 4.78 is 0. The number of nitrogen functional groups attached to an aromatic ring is 1. The molecule has 5 nitrogen and oxygen atoms in total. The molecule has 6 heteroatoms. The van der Waals surface area contributed by atoms with Crippen LogP contribution in [-0.4, -0.2) is 14.9 Å². The minimum absolute atomic E-state index is 0.173. The summed E-state index contributed by atoms with van der Waals surface area (Å²) in [5.41, 5.74) is 0.860. The fourth-order valence-corrected chi connectivity index (χ4v) is 1.49. The first-order valence-corrected chi connectivity index (χ1v) is 4.00. The number of nitrogens with one attached hydrogen (secondary N) is 1. The second-order valence-corrected chi connectivity index (χ2v) is 3.14. The Morgan fingerprint density at radius 1 is 1.69 bits per heavy atom. The van der Waals surface area contributed by atoms with E-state index in [1.807, 2.05) is 0 Å². The molecule has 0 amide bonds. The maximum absolute atomic E-state index is 11.4. The van der Waals surface area contributed by atoms with Crippen LogP contribution < -0.4 is 11.3 Å². The third-order valence-corrected chi connectivity index (χ3v) is 2.03. The minimum atomic E-state index is -0.173. The highest BCUT2D eigenvalue weighted by Crippen LogP contribution is 2.12. The number of hydrogen-bond donors (Lipinski definition) is 2. The van der Waals surface area contributed by atoms with Gasteiger partial charge in [-0.25, -0.2) is 0 Å². The molecule has 68 valence electrons. The molecule has 0 unspecified atom stereocenters. The molecule has 0 bridgehead atoms. The first-order valence-electron chi connectivity index (χ1n) is 3.63. The zero-order valence-corrected chi connectivity index (χ0v) is 7.59. The molecule has 0 aliphatic heterocycles. The number of halogens is 1. The van der Waals surface area contributed by atoms with Gasteiger partial charge in [-0.15, -0.1) is 0 Å². The van der Waals surface area contributed by atoms with Gasteiger partial charge in [0.1, 0.15) is 5.15 Å². The standard InChI is InChI=1S/C7H7ClN4O/c1-3-6-4(13)2-5(8)10-7(6)12(9)11-3/h2H,9H2,1H3,(H,10,13). The first kappa shape index (κ1) is 8.12. The van der Waals surface area contributed by atoms with Crippen molar-refractivity contribution < 1.29 is 0 Å². The molecule has 0 aromatic carbocycles. The molecule has 0 fully saturated rings. The molecule has 0 spiro atoms. The van der Waals surface area contributed by atoms with Crippen molar-refractivity contribution in [2.24, 2.45) is 0 Å². The van der Waals surface area contributed by atoms with Crippen molar-refractivity contribution in [1.29, 1.82) is 0 Å². The molecule has 13 heavy (non-hydrogen) atoms. The van der Waals surface area contributed by atoms with Crippen molar-refractivity contribution in [3.8, 4) is 0 Å². The van der Waals surface area contributed by atoms with Crippen molar-refractivity contribution >= 4 is 22.6 Å². The van der Waals surface area contributed by atoms with Crippen LogP contribution >= 0.6 is 11.6 Å². The van der Waals surface area contributed by atoms with Gasteiger partial charge in [0.25, 0.3) is 0 Å². The summed E-state index contributed by atoms with van der Waals surface area (Å²) in [7, 11) is 0. The van der Waals surface area contributed by atoms with Crippen LogP contribution in [0.1, 0.15) is 5.69 Å². The van der Waals surface area contributed by atoms with E-state index >= 15 is 0 Å². The largest absolute Gasteiger partial charge is 0.329 e. The van der Waals surface area contributed by atoms with E-state index in [9.17, 15) is 4.79 Å². The van der Waals surface area contributed by atoms with Gasteiger partial charge in [-0.3, -0.25) is 4.79 Å². The van der Waals surface area contributed by atoms with Gasteiger partial charge >= 0.3 is 0 Å². The summed E-state index contributed by atoms with van der Waals surface area (Å²) in [5.74, 6) is 5.49. The lowest BCUT2D eigenvalue weighted by atomic mass is 10.3. The highest BCUT2D eigenvalue weighted by molar-refractivity contribution is 6.29. The molecule has 2 heterocycles. The van der Waals surface area contributed by atoms with Crippen LogP contribution in [0.5, 0.6) is 0 Å². The Morgan fingerprint density at radius 3 is 3.08 bits per heavy atom. The van der Waals surface area contributed by atoms with E-state index in [0.29, 0.717) is 16.7 Å².